The number of benzene rings is 2. The molecule has 0 radical (unpaired) electrons. The molecule has 3 rings (SSSR count). The zero-order chi connectivity index (χ0) is 20.5. The van der Waals surface area contributed by atoms with Crippen LogP contribution in [0.15, 0.2) is 54.7 Å². The molecule has 1 aromatic heterocycles. The fourth-order valence-corrected chi connectivity index (χ4v) is 2.63. The van der Waals surface area contributed by atoms with Crippen LogP contribution >= 0.6 is 0 Å². The summed E-state index contributed by atoms with van der Waals surface area (Å²) in [7, 11) is 0. The van der Waals surface area contributed by atoms with Crippen molar-refractivity contribution >= 4 is 17.3 Å². The SMILES string of the molecule is Cc1ccc(NC(=O)c2cnn(-c3ccccc3)c2C(F)(F)F)cc1[N+](=O)[O-]. The van der Waals surface area contributed by atoms with E-state index in [1.807, 2.05) is 0 Å². The number of rotatable bonds is 4. The third-order valence-corrected chi connectivity index (χ3v) is 3.95. The average molecular weight is 390 g/mol. The van der Waals surface area contributed by atoms with Crippen LogP contribution < -0.4 is 5.32 Å². The van der Waals surface area contributed by atoms with E-state index in [0.29, 0.717) is 10.2 Å². The number of nitrogens with one attached hydrogen (secondary N) is 1. The molecule has 0 aliphatic heterocycles. The molecule has 3 aromatic rings. The van der Waals surface area contributed by atoms with Crippen molar-refractivity contribution < 1.29 is 22.9 Å². The van der Waals surface area contributed by atoms with Crippen LogP contribution in [0, 0.1) is 17.0 Å². The Labute approximate surface area is 156 Å². The molecule has 0 fully saturated rings. The van der Waals surface area contributed by atoms with Crippen molar-refractivity contribution in [3.05, 3.63) is 81.7 Å². The van der Waals surface area contributed by atoms with Crippen molar-refractivity contribution in [3.8, 4) is 5.69 Å². The van der Waals surface area contributed by atoms with Crippen molar-refractivity contribution in [1.82, 2.24) is 9.78 Å². The van der Waals surface area contributed by atoms with Gasteiger partial charge in [-0.15, -0.1) is 0 Å². The largest absolute Gasteiger partial charge is 0.434 e. The third-order valence-electron chi connectivity index (χ3n) is 3.95. The Morgan fingerprint density at radius 2 is 1.86 bits per heavy atom. The molecule has 0 aliphatic rings. The molecule has 0 saturated carbocycles. The highest BCUT2D eigenvalue weighted by Gasteiger charge is 2.40. The molecule has 144 valence electrons. The number of aromatic nitrogens is 2. The summed E-state index contributed by atoms with van der Waals surface area (Å²) in [4.78, 5) is 22.8. The second kappa shape index (κ2) is 7.14. The van der Waals surface area contributed by atoms with Gasteiger partial charge >= 0.3 is 6.18 Å². The fourth-order valence-electron chi connectivity index (χ4n) is 2.63. The molecule has 10 heteroatoms. The van der Waals surface area contributed by atoms with E-state index in [2.05, 4.69) is 10.4 Å². The minimum absolute atomic E-state index is 0.00267. The number of amides is 1. The second-order valence-electron chi connectivity index (χ2n) is 5.86. The van der Waals surface area contributed by atoms with Crippen LogP contribution in [0.1, 0.15) is 21.6 Å². The number of hydrogen-bond donors (Lipinski definition) is 1. The molecule has 1 N–H and O–H groups in total. The Bertz CT molecular complexity index is 1050. The van der Waals surface area contributed by atoms with E-state index in [1.54, 1.807) is 18.2 Å². The summed E-state index contributed by atoms with van der Waals surface area (Å²) < 4.78 is 41.5. The summed E-state index contributed by atoms with van der Waals surface area (Å²) >= 11 is 0. The van der Waals surface area contributed by atoms with E-state index in [-0.39, 0.29) is 17.1 Å². The highest BCUT2D eigenvalue weighted by Crippen LogP contribution is 2.34. The molecule has 0 aliphatic carbocycles. The Morgan fingerprint density at radius 1 is 1.18 bits per heavy atom. The van der Waals surface area contributed by atoms with E-state index in [0.717, 1.165) is 12.3 Å². The predicted octanol–water partition coefficient (Wildman–Crippen LogP) is 4.36. The molecule has 2 aromatic carbocycles. The molecule has 1 amide bonds. The molecule has 0 bridgehead atoms. The first kappa shape index (κ1) is 19.1. The highest BCUT2D eigenvalue weighted by molar-refractivity contribution is 6.05. The van der Waals surface area contributed by atoms with E-state index >= 15 is 0 Å². The van der Waals surface area contributed by atoms with Crippen molar-refractivity contribution in [3.63, 3.8) is 0 Å². The maximum Gasteiger partial charge on any atom is 0.434 e. The molecule has 28 heavy (non-hydrogen) atoms. The van der Waals surface area contributed by atoms with Gasteiger partial charge < -0.3 is 5.32 Å². The van der Waals surface area contributed by atoms with Gasteiger partial charge in [0, 0.05) is 17.3 Å². The Morgan fingerprint density at radius 3 is 2.46 bits per heavy atom. The predicted molar refractivity (Wildman–Crippen MR) is 94.4 cm³/mol. The van der Waals surface area contributed by atoms with E-state index < -0.39 is 28.3 Å². The maximum absolute atomic E-state index is 13.6. The fraction of sp³-hybridized carbons (Fsp3) is 0.111. The van der Waals surface area contributed by atoms with Crippen LogP contribution in [0.2, 0.25) is 0 Å². The number of nitro groups is 1. The Hall–Kier alpha value is -3.69. The lowest BCUT2D eigenvalue weighted by molar-refractivity contribution is -0.385. The molecule has 0 spiro atoms. The quantitative estimate of drug-likeness (QED) is 0.529. The smallest absolute Gasteiger partial charge is 0.322 e. The lowest BCUT2D eigenvalue weighted by Crippen LogP contribution is -2.20. The maximum atomic E-state index is 13.6. The number of carbonyl (C=O) groups excluding carboxylic acids is 1. The van der Waals surface area contributed by atoms with Crippen LogP contribution in [0.25, 0.3) is 5.69 Å². The van der Waals surface area contributed by atoms with E-state index in [4.69, 9.17) is 0 Å². The van der Waals surface area contributed by atoms with Crippen LogP contribution in [0.4, 0.5) is 24.5 Å². The van der Waals surface area contributed by atoms with Gasteiger partial charge in [-0.3, -0.25) is 14.9 Å². The first-order valence-electron chi connectivity index (χ1n) is 7.95. The van der Waals surface area contributed by atoms with Crippen molar-refractivity contribution in [2.45, 2.75) is 13.1 Å². The average Bonchev–Trinajstić information content (AvgIpc) is 3.09. The van der Waals surface area contributed by atoms with Gasteiger partial charge in [-0.05, 0) is 25.1 Å². The van der Waals surface area contributed by atoms with Gasteiger partial charge in [-0.2, -0.15) is 18.3 Å². The Kier molecular flexibility index (Phi) is 4.87. The molecule has 0 saturated heterocycles. The first-order chi connectivity index (χ1) is 13.2. The highest BCUT2D eigenvalue weighted by atomic mass is 19.4. The number of anilines is 1. The van der Waals surface area contributed by atoms with Crippen molar-refractivity contribution in [1.29, 1.82) is 0 Å². The minimum atomic E-state index is -4.85. The number of hydrogen-bond acceptors (Lipinski definition) is 4. The zero-order valence-corrected chi connectivity index (χ0v) is 14.4. The number of nitrogens with zero attached hydrogens (tertiary/aromatic N) is 3. The summed E-state index contributed by atoms with van der Waals surface area (Å²) in [5.74, 6) is -1.08. The molecule has 1 heterocycles. The number of para-hydroxylation sites is 1. The number of carbonyl (C=O) groups is 1. The second-order valence-corrected chi connectivity index (χ2v) is 5.86. The lowest BCUT2D eigenvalue weighted by atomic mass is 10.1. The summed E-state index contributed by atoms with van der Waals surface area (Å²) in [6.07, 6.45) is -4.04. The number of aryl methyl sites for hydroxylation is 1. The topological polar surface area (TPSA) is 90.1 Å². The molecular formula is C18H13F3N4O3. The number of halogens is 3. The van der Waals surface area contributed by atoms with Crippen LogP contribution in [-0.2, 0) is 6.18 Å². The Balaban J connectivity index is 2.00. The van der Waals surface area contributed by atoms with Gasteiger partial charge in [0.05, 0.1) is 22.4 Å². The molecule has 0 atom stereocenters. The zero-order valence-electron chi connectivity index (χ0n) is 14.4. The van der Waals surface area contributed by atoms with Gasteiger partial charge in [0.25, 0.3) is 11.6 Å². The molecular weight excluding hydrogens is 377 g/mol. The third kappa shape index (κ3) is 3.70. The first-order valence-corrected chi connectivity index (χ1v) is 7.95. The van der Waals surface area contributed by atoms with Crippen molar-refractivity contribution in [2.75, 3.05) is 5.32 Å². The minimum Gasteiger partial charge on any atom is -0.322 e. The van der Waals surface area contributed by atoms with Crippen LogP contribution in [0.3, 0.4) is 0 Å². The monoisotopic (exact) mass is 390 g/mol. The number of nitro benzene ring substituents is 1. The van der Waals surface area contributed by atoms with E-state index in [9.17, 15) is 28.1 Å². The van der Waals surface area contributed by atoms with E-state index in [1.165, 1.54) is 31.2 Å². The molecule has 7 nitrogen and oxygen atoms in total. The summed E-state index contributed by atoms with van der Waals surface area (Å²) in [6.45, 7) is 1.51. The van der Waals surface area contributed by atoms with Gasteiger partial charge in [-0.1, -0.05) is 24.3 Å². The van der Waals surface area contributed by atoms with Gasteiger partial charge in [0.15, 0.2) is 5.69 Å². The standard InChI is InChI=1S/C18H13F3N4O3/c1-11-7-8-12(9-15(11)25(27)28)23-17(26)14-10-22-24(16(14)18(19,20)21)13-5-3-2-4-6-13/h2-10H,1H3,(H,23,26). The molecule has 0 unspecified atom stereocenters. The number of alkyl halides is 3. The van der Waals surface area contributed by atoms with Crippen molar-refractivity contribution in [2.24, 2.45) is 0 Å². The summed E-state index contributed by atoms with van der Waals surface area (Å²) in [5.41, 5.74) is -1.69. The lowest BCUT2D eigenvalue weighted by Gasteiger charge is -2.13. The summed E-state index contributed by atoms with van der Waals surface area (Å²) in [5, 5.41) is 17.0. The van der Waals surface area contributed by atoms with Gasteiger partial charge in [0.2, 0.25) is 0 Å². The van der Waals surface area contributed by atoms with Crippen LogP contribution in [0.5, 0.6) is 0 Å². The summed E-state index contributed by atoms with van der Waals surface area (Å²) in [6, 6.07) is 11.4. The normalized spacial score (nSPS) is 11.3. The van der Waals surface area contributed by atoms with Gasteiger partial charge in [-0.25, -0.2) is 4.68 Å². The van der Waals surface area contributed by atoms with Crippen LogP contribution in [-0.4, -0.2) is 20.6 Å². The van der Waals surface area contributed by atoms with Gasteiger partial charge in [0.1, 0.15) is 0 Å².